The van der Waals surface area contributed by atoms with Crippen molar-refractivity contribution in [2.75, 3.05) is 19.6 Å². The third kappa shape index (κ3) is 4.77. The first kappa shape index (κ1) is 27.0. The number of H-pyrrole nitrogens is 1. The molecule has 210 valence electrons. The summed E-state index contributed by atoms with van der Waals surface area (Å²) in [5, 5.41) is 2.46. The molecular formula is C32H29BrCl2N4O2. The topological polar surface area (TPSA) is 59.7 Å². The van der Waals surface area contributed by atoms with Crippen LogP contribution in [0.2, 0.25) is 10.0 Å². The summed E-state index contributed by atoms with van der Waals surface area (Å²) < 4.78 is 0.973. The highest BCUT2D eigenvalue weighted by Crippen LogP contribution is 2.43. The molecule has 2 fully saturated rings. The van der Waals surface area contributed by atoms with Gasteiger partial charge in [0.25, 0.3) is 0 Å². The average Bonchev–Trinajstić information content (AvgIpc) is 3.35. The fourth-order valence-electron chi connectivity index (χ4n) is 6.88. The molecule has 3 aromatic carbocycles. The molecule has 0 radical (unpaired) electrons. The maximum absolute atomic E-state index is 14.2. The van der Waals surface area contributed by atoms with E-state index in [1.807, 2.05) is 64.4 Å². The van der Waals surface area contributed by atoms with Crippen molar-refractivity contribution in [2.45, 2.75) is 43.9 Å². The minimum Gasteiger partial charge on any atom is -0.356 e. The van der Waals surface area contributed by atoms with E-state index in [9.17, 15) is 9.59 Å². The number of aromatic amines is 1. The molecule has 0 unspecified atom stereocenters. The number of amides is 2. The van der Waals surface area contributed by atoms with Crippen molar-refractivity contribution in [1.82, 2.24) is 19.7 Å². The van der Waals surface area contributed by atoms with Gasteiger partial charge in [-0.05, 0) is 54.3 Å². The number of nitrogens with one attached hydrogen (secondary N) is 1. The van der Waals surface area contributed by atoms with Gasteiger partial charge in [-0.15, -0.1) is 0 Å². The number of para-hydroxylation sites is 1. The van der Waals surface area contributed by atoms with Gasteiger partial charge in [0, 0.05) is 68.8 Å². The van der Waals surface area contributed by atoms with Gasteiger partial charge in [0.05, 0.1) is 6.04 Å². The number of hydrogen-bond donors (Lipinski definition) is 1. The number of carbonyl (C=O) groups is 2. The average molecular weight is 652 g/mol. The van der Waals surface area contributed by atoms with Gasteiger partial charge in [0.2, 0.25) is 11.8 Å². The van der Waals surface area contributed by atoms with Crippen LogP contribution in [0.3, 0.4) is 0 Å². The Labute approximate surface area is 257 Å². The number of fused-ring (bicyclic) bond motifs is 4. The summed E-state index contributed by atoms with van der Waals surface area (Å²) in [6, 6.07) is 21.0. The number of halogens is 3. The Morgan fingerprint density at radius 1 is 0.902 bits per heavy atom. The lowest BCUT2D eigenvalue weighted by molar-refractivity contribution is -0.161. The van der Waals surface area contributed by atoms with Crippen LogP contribution in [0, 0.1) is 0 Å². The molecule has 0 bridgehead atoms. The highest BCUT2D eigenvalue weighted by Gasteiger charge is 2.49. The molecule has 4 heterocycles. The number of hydrogen-bond acceptors (Lipinski definition) is 3. The van der Waals surface area contributed by atoms with E-state index < -0.39 is 6.04 Å². The smallest absolute Gasteiger partial charge is 0.246 e. The second kappa shape index (κ2) is 10.8. The van der Waals surface area contributed by atoms with Crippen molar-refractivity contribution in [1.29, 1.82) is 0 Å². The molecule has 2 amide bonds. The molecule has 2 saturated heterocycles. The van der Waals surface area contributed by atoms with Crippen molar-refractivity contribution in [3.8, 4) is 0 Å². The largest absolute Gasteiger partial charge is 0.356 e. The molecule has 2 atom stereocenters. The maximum atomic E-state index is 14.2. The maximum Gasteiger partial charge on any atom is 0.246 e. The molecule has 0 spiro atoms. The SMILES string of the molecule is O=C1[C@@H]2Cc3c([nH]c4ccccc34)[C@@H](c3ccc(Br)cc3)N2C(=O)CN1C1CCN(Cc2c(Cl)cccc2Cl)CC1. The highest BCUT2D eigenvalue weighted by molar-refractivity contribution is 9.10. The number of piperazine rings is 1. The Balaban J connectivity index is 1.16. The quantitative estimate of drug-likeness (QED) is 0.271. The molecule has 3 aliphatic heterocycles. The summed E-state index contributed by atoms with van der Waals surface area (Å²) in [7, 11) is 0. The number of benzene rings is 3. The second-order valence-corrected chi connectivity index (χ2v) is 12.9. The minimum atomic E-state index is -0.531. The van der Waals surface area contributed by atoms with Gasteiger partial charge in [-0.2, -0.15) is 0 Å². The zero-order valence-corrected chi connectivity index (χ0v) is 25.4. The molecule has 0 aliphatic carbocycles. The van der Waals surface area contributed by atoms with E-state index in [0.717, 1.165) is 63.7 Å². The first-order chi connectivity index (χ1) is 19.9. The van der Waals surface area contributed by atoms with Crippen molar-refractivity contribution in [3.05, 3.63) is 104 Å². The van der Waals surface area contributed by atoms with Gasteiger partial charge < -0.3 is 14.8 Å². The predicted molar refractivity (Wildman–Crippen MR) is 165 cm³/mol. The monoisotopic (exact) mass is 650 g/mol. The van der Waals surface area contributed by atoms with Crippen LogP contribution < -0.4 is 0 Å². The van der Waals surface area contributed by atoms with Gasteiger partial charge in [0.1, 0.15) is 12.6 Å². The predicted octanol–water partition coefficient (Wildman–Crippen LogP) is 6.59. The zero-order chi connectivity index (χ0) is 28.2. The summed E-state index contributed by atoms with van der Waals surface area (Å²) in [5.74, 6) is 0.0485. The molecule has 6 nitrogen and oxygen atoms in total. The van der Waals surface area contributed by atoms with E-state index >= 15 is 0 Å². The number of carbonyl (C=O) groups excluding carboxylic acids is 2. The normalized spacial score (nSPS) is 21.8. The third-order valence-corrected chi connectivity index (χ3v) is 10.2. The van der Waals surface area contributed by atoms with Crippen molar-refractivity contribution < 1.29 is 9.59 Å². The van der Waals surface area contributed by atoms with E-state index in [4.69, 9.17) is 23.2 Å². The Morgan fingerprint density at radius 3 is 2.34 bits per heavy atom. The molecule has 7 rings (SSSR count). The van der Waals surface area contributed by atoms with Crippen LogP contribution >= 0.6 is 39.1 Å². The summed E-state index contributed by atoms with van der Waals surface area (Å²) in [4.78, 5) is 37.8. The first-order valence-electron chi connectivity index (χ1n) is 14.0. The number of rotatable bonds is 4. The van der Waals surface area contributed by atoms with Crippen molar-refractivity contribution in [3.63, 3.8) is 0 Å². The van der Waals surface area contributed by atoms with Crippen LogP contribution in [0.25, 0.3) is 10.9 Å². The Bertz CT molecular complexity index is 1630. The van der Waals surface area contributed by atoms with Crippen LogP contribution in [0.4, 0.5) is 0 Å². The molecule has 4 aromatic rings. The van der Waals surface area contributed by atoms with E-state index in [-0.39, 0.29) is 30.4 Å². The Kier molecular flexibility index (Phi) is 7.10. The summed E-state index contributed by atoms with van der Waals surface area (Å²) in [5.41, 5.74) is 5.09. The molecular weight excluding hydrogens is 623 g/mol. The van der Waals surface area contributed by atoms with Gasteiger partial charge in [-0.25, -0.2) is 0 Å². The third-order valence-electron chi connectivity index (χ3n) is 8.92. The van der Waals surface area contributed by atoms with Crippen molar-refractivity contribution >= 4 is 61.8 Å². The van der Waals surface area contributed by atoms with Gasteiger partial charge >= 0.3 is 0 Å². The van der Waals surface area contributed by atoms with Crippen LogP contribution in [0.5, 0.6) is 0 Å². The minimum absolute atomic E-state index is 0.00268. The molecule has 0 saturated carbocycles. The summed E-state index contributed by atoms with van der Waals surface area (Å²) in [6.45, 7) is 2.41. The van der Waals surface area contributed by atoms with Crippen LogP contribution in [0.15, 0.2) is 71.2 Å². The number of nitrogens with zero attached hydrogens (tertiary/aromatic N) is 3. The van der Waals surface area contributed by atoms with E-state index in [0.29, 0.717) is 23.0 Å². The van der Waals surface area contributed by atoms with Crippen LogP contribution in [-0.4, -0.2) is 63.2 Å². The van der Waals surface area contributed by atoms with Crippen LogP contribution in [0.1, 0.15) is 41.3 Å². The lowest BCUT2D eigenvalue weighted by Crippen LogP contribution is -2.65. The van der Waals surface area contributed by atoms with E-state index in [2.05, 4.69) is 37.9 Å². The van der Waals surface area contributed by atoms with E-state index in [1.165, 1.54) is 0 Å². The van der Waals surface area contributed by atoms with E-state index in [1.54, 1.807) is 0 Å². The molecule has 1 aromatic heterocycles. The highest BCUT2D eigenvalue weighted by atomic mass is 79.9. The number of likely N-dealkylation sites (tertiary alicyclic amines) is 1. The first-order valence-corrected chi connectivity index (χ1v) is 15.6. The van der Waals surface area contributed by atoms with Gasteiger partial charge in [0.15, 0.2) is 0 Å². The molecule has 41 heavy (non-hydrogen) atoms. The summed E-state index contributed by atoms with van der Waals surface area (Å²) in [6.07, 6.45) is 2.13. The van der Waals surface area contributed by atoms with Gasteiger partial charge in [-0.1, -0.05) is 75.5 Å². The standard InChI is InChI=1S/C32H29BrCl2N4O2/c33-20-10-8-19(9-11-20)31-30-23(22-4-1-2-7-27(22)36-30)16-28-32(41)38(18-29(40)39(28)31)21-12-14-37(15-13-21)17-24-25(34)5-3-6-26(24)35/h1-11,21,28,31,36H,12-18H2/t28-,31+/m0/s1. The number of aromatic nitrogens is 1. The molecule has 9 heteroatoms. The number of piperidine rings is 1. The zero-order valence-electron chi connectivity index (χ0n) is 22.3. The second-order valence-electron chi connectivity index (χ2n) is 11.2. The lowest BCUT2D eigenvalue weighted by Gasteiger charge is -2.49. The summed E-state index contributed by atoms with van der Waals surface area (Å²) >= 11 is 16.4. The molecule has 3 aliphatic rings. The fourth-order valence-corrected chi connectivity index (χ4v) is 7.66. The Hall–Kier alpha value is -2.84. The fraction of sp³-hybridized carbons (Fsp3) is 0.312. The lowest BCUT2D eigenvalue weighted by atomic mass is 9.85. The van der Waals surface area contributed by atoms with Gasteiger partial charge in [-0.3, -0.25) is 14.5 Å². The Morgan fingerprint density at radius 2 is 1.61 bits per heavy atom. The van der Waals surface area contributed by atoms with Crippen molar-refractivity contribution in [2.24, 2.45) is 0 Å². The molecule has 1 N–H and O–H groups in total. The van der Waals surface area contributed by atoms with Crippen LogP contribution in [-0.2, 0) is 22.6 Å².